The van der Waals surface area contributed by atoms with E-state index in [9.17, 15) is 0 Å². The first-order valence-corrected chi connectivity index (χ1v) is 10.2. The summed E-state index contributed by atoms with van der Waals surface area (Å²) in [5.41, 5.74) is 6.64. The van der Waals surface area contributed by atoms with E-state index in [1.165, 1.54) is 23.1 Å². The van der Waals surface area contributed by atoms with Crippen molar-refractivity contribution in [1.29, 1.82) is 0 Å². The van der Waals surface area contributed by atoms with E-state index in [0.29, 0.717) is 29.6 Å². The van der Waals surface area contributed by atoms with E-state index in [4.69, 9.17) is 0 Å². The molecule has 27 heavy (non-hydrogen) atoms. The lowest BCUT2D eigenvalue weighted by atomic mass is 9.56. The van der Waals surface area contributed by atoms with E-state index in [1.54, 1.807) is 5.57 Å². The second-order valence-corrected chi connectivity index (χ2v) is 8.40. The zero-order chi connectivity index (χ0) is 19.0. The molecule has 0 heteroatoms. The molecule has 0 N–H and O–H groups in total. The first kappa shape index (κ1) is 18.0. The van der Waals surface area contributed by atoms with Gasteiger partial charge in [0.05, 0.1) is 0 Å². The van der Waals surface area contributed by atoms with Crippen molar-refractivity contribution in [3.8, 4) is 0 Å². The van der Waals surface area contributed by atoms with E-state index < -0.39 is 0 Å². The third kappa shape index (κ3) is 3.23. The van der Waals surface area contributed by atoms with Gasteiger partial charge >= 0.3 is 0 Å². The maximum Gasteiger partial charge on any atom is -0.00864 e. The second-order valence-electron chi connectivity index (χ2n) is 8.40. The van der Waals surface area contributed by atoms with Gasteiger partial charge in [0, 0.05) is 0 Å². The molecule has 0 aromatic heterocycles. The Morgan fingerprint density at radius 3 is 2.52 bits per heavy atom. The molecule has 0 amide bonds. The highest BCUT2D eigenvalue weighted by Gasteiger charge is 2.45. The highest BCUT2D eigenvalue weighted by Crippen LogP contribution is 2.53. The van der Waals surface area contributed by atoms with Crippen LogP contribution in [0.2, 0.25) is 0 Å². The van der Waals surface area contributed by atoms with E-state index in [0.717, 1.165) is 12.0 Å². The van der Waals surface area contributed by atoms with Gasteiger partial charge in [-0.25, -0.2) is 0 Å². The fourth-order valence-corrected chi connectivity index (χ4v) is 5.46. The predicted octanol–water partition coefficient (Wildman–Crippen LogP) is 7.06. The van der Waals surface area contributed by atoms with Crippen LogP contribution in [-0.4, -0.2) is 0 Å². The van der Waals surface area contributed by atoms with E-state index in [1.807, 2.05) is 6.08 Å². The van der Waals surface area contributed by atoms with Crippen molar-refractivity contribution < 1.29 is 0 Å². The monoisotopic (exact) mass is 354 g/mol. The summed E-state index contributed by atoms with van der Waals surface area (Å²) in [4.78, 5) is 0. The van der Waals surface area contributed by atoms with Crippen molar-refractivity contribution in [2.75, 3.05) is 0 Å². The van der Waals surface area contributed by atoms with Crippen molar-refractivity contribution in [1.82, 2.24) is 0 Å². The molecule has 0 aromatic carbocycles. The average Bonchev–Trinajstić information content (AvgIpc) is 2.86. The Hall–Kier alpha value is -2.34. The first-order chi connectivity index (χ1) is 13.1. The summed E-state index contributed by atoms with van der Waals surface area (Å²) in [5, 5.41) is 0. The van der Waals surface area contributed by atoms with Crippen LogP contribution in [0.1, 0.15) is 26.7 Å². The molecule has 1 fully saturated rings. The molecule has 138 valence electrons. The molecule has 0 saturated heterocycles. The number of allylic oxidation sites excluding steroid dienone is 16. The summed E-state index contributed by atoms with van der Waals surface area (Å²) in [6.45, 7) is 12.5. The fraction of sp³-hybridized carbons (Fsp3) is 0.333. The number of hydrogen-bond acceptors (Lipinski definition) is 0. The molecule has 0 bridgehead atoms. The van der Waals surface area contributed by atoms with Crippen LogP contribution < -0.4 is 0 Å². The Morgan fingerprint density at radius 1 is 1.04 bits per heavy atom. The normalized spacial score (nSPS) is 34.4. The molecule has 0 aromatic rings. The fourth-order valence-electron chi connectivity index (χ4n) is 5.46. The lowest BCUT2D eigenvalue weighted by molar-refractivity contribution is 0.184. The maximum absolute atomic E-state index is 4.08. The maximum atomic E-state index is 4.08. The highest BCUT2D eigenvalue weighted by atomic mass is 14.5. The van der Waals surface area contributed by atoms with Crippen molar-refractivity contribution in [2.45, 2.75) is 26.7 Å². The molecule has 0 nitrogen and oxygen atoms in total. The minimum absolute atomic E-state index is 0.530. The van der Waals surface area contributed by atoms with Crippen molar-refractivity contribution in [3.63, 3.8) is 0 Å². The lowest BCUT2D eigenvalue weighted by Crippen LogP contribution is -2.40. The average molecular weight is 355 g/mol. The number of rotatable bonds is 3. The van der Waals surface area contributed by atoms with Gasteiger partial charge in [-0.2, -0.15) is 0 Å². The summed E-state index contributed by atoms with van der Waals surface area (Å²) < 4.78 is 0. The summed E-state index contributed by atoms with van der Waals surface area (Å²) in [6, 6.07) is 0. The standard InChI is InChI=1S/C27H30/c1-5-20(16-18(2)3)26-17-27-24-13-9-8-11-22(24)21-10-6-7-12-23(21)25(27)15-14-19(26)4/h5-9,11-14,16-17,21-22,24-25,27H,1-2,10,15H2,3-4H3. The molecule has 5 unspecified atom stereocenters. The van der Waals surface area contributed by atoms with Gasteiger partial charge in [-0.1, -0.05) is 91.1 Å². The molecule has 0 heterocycles. The molecule has 0 spiro atoms. The molecule has 4 aliphatic carbocycles. The van der Waals surface area contributed by atoms with Gasteiger partial charge in [-0.3, -0.25) is 0 Å². The second kappa shape index (κ2) is 7.35. The lowest BCUT2D eigenvalue weighted by Gasteiger charge is -2.48. The Kier molecular flexibility index (Phi) is 4.91. The summed E-state index contributed by atoms with van der Waals surface area (Å²) in [7, 11) is 0. The van der Waals surface area contributed by atoms with Gasteiger partial charge in [-0.05, 0) is 73.0 Å². The van der Waals surface area contributed by atoms with Gasteiger partial charge in [0.15, 0.2) is 0 Å². The first-order valence-electron chi connectivity index (χ1n) is 10.2. The van der Waals surface area contributed by atoms with E-state index in [2.05, 4.69) is 87.8 Å². The summed E-state index contributed by atoms with van der Waals surface area (Å²) in [6.07, 6.45) is 27.9. The molecule has 0 aliphatic heterocycles. The zero-order valence-corrected chi connectivity index (χ0v) is 16.6. The zero-order valence-electron chi connectivity index (χ0n) is 16.6. The van der Waals surface area contributed by atoms with Gasteiger partial charge in [0.2, 0.25) is 0 Å². The minimum atomic E-state index is 0.530. The highest BCUT2D eigenvalue weighted by molar-refractivity contribution is 5.54. The van der Waals surface area contributed by atoms with Crippen LogP contribution in [0.25, 0.3) is 0 Å². The quantitative estimate of drug-likeness (QED) is 0.476. The molecule has 4 rings (SSSR count). The van der Waals surface area contributed by atoms with Crippen LogP contribution in [0.15, 0.2) is 108 Å². The third-order valence-electron chi connectivity index (χ3n) is 6.66. The molecular formula is C27H30. The third-order valence-corrected chi connectivity index (χ3v) is 6.66. The van der Waals surface area contributed by atoms with Crippen LogP contribution in [0.3, 0.4) is 0 Å². The van der Waals surface area contributed by atoms with Gasteiger partial charge < -0.3 is 0 Å². The minimum Gasteiger partial charge on any atom is -0.0984 e. The largest absolute Gasteiger partial charge is 0.0984 e. The van der Waals surface area contributed by atoms with E-state index in [-0.39, 0.29) is 0 Å². The van der Waals surface area contributed by atoms with Crippen LogP contribution in [0.5, 0.6) is 0 Å². The number of hydrogen-bond donors (Lipinski definition) is 0. The van der Waals surface area contributed by atoms with Gasteiger partial charge in [0.25, 0.3) is 0 Å². The SMILES string of the molecule is C=CC(=CC(=C)C)C1=CC2C(CC=C1C)C1=CC=CCC1C1C=CC=CC12. The topological polar surface area (TPSA) is 0 Å². The van der Waals surface area contributed by atoms with Crippen molar-refractivity contribution >= 4 is 0 Å². The smallest absolute Gasteiger partial charge is 0.00864 e. The van der Waals surface area contributed by atoms with Gasteiger partial charge in [0.1, 0.15) is 0 Å². The van der Waals surface area contributed by atoms with Crippen molar-refractivity contribution in [2.24, 2.45) is 29.6 Å². The van der Waals surface area contributed by atoms with Crippen LogP contribution in [0, 0.1) is 29.6 Å². The summed E-state index contributed by atoms with van der Waals surface area (Å²) >= 11 is 0. The number of fused-ring (bicyclic) bond motifs is 6. The Bertz CT molecular complexity index is 862. The molecular weight excluding hydrogens is 324 g/mol. The van der Waals surface area contributed by atoms with Crippen LogP contribution in [-0.2, 0) is 0 Å². The molecule has 5 atom stereocenters. The molecule has 4 aliphatic rings. The Morgan fingerprint density at radius 2 is 1.78 bits per heavy atom. The Labute approximate surface area is 164 Å². The molecule has 0 radical (unpaired) electrons. The van der Waals surface area contributed by atoms with Gasteiger partial charge in [-0.15, -0.1) is 0 Å². The predicted molar refractivity (Wildman–Crippen MR) is 117 cm³/mol. The Balaban J connectivity index is 1.84. The van der Waals surface area contributed by atoms with Crippen molar-refractivity contribution in [3.05, 3.63) is 108 Å². The molecule has 1 saturated carbocycles. The van der Waals surface area contributed by atoms with Crippen LogP contribution >= 0.6 is 0 Å². The van der Waals surface area contributed by atoms with E-state index >= 15 is 0 Å². The summed E-state index contributed by atoms with van der Waals surface area (Å²) in [5.74, 6) is 2.98. The van der Waals surface area contributed by atoms with Crippen LogP contribution in [0.4, 0.5) is 0 Å².